The molecule has 1 N–H and O–H groups in total. The summed E-state index contributed by atoms with van der Waals surface area (Å²) in [4.78, 5) is 23.1. The van der Waals surface area contributed by atoms with Crippen LogP contribution in [0, 0.1) is 6.92 Å². The number of aryl methyl sites for hydroxylation is 1. The third kappa shape index (κ3) is 3.85. The van der Waals surface area contributed by atoms with E-state index in [1.807, 2.05) is 11.5 Å². The number of carbonyl (C=O) groups is 2. The highest BCUT2D eigenvalue weighted by Gasteiger charge is 2.22. The van der Waals surface area contributed by atoms with Crippen molar-refractivity contribution in [2.45, 2.75) is 30.8 Å². The van der Waals surface area contributed by atoms with Gasteiger partial charge in [0, 0.05) is 6.54 Å². The Morgan fingerprint density at radius 1 is 1.54 bits per heavy atom. The van der Waals surface area contributed by atoms with Gasteiger partial charge in [-0.05, 0) is 19.9 Å². The maximum atomic E-state index is 12.0. The Hall–Kier alpha value is -2.55. The summed E-state index contributed by atoms with van der Waals surface area (Å²) in [6.07, 6.45) is 2.50. The van der Waals surface area contributed by atoms with Crippen LogP contribution in [0.25, 0.3) is 11.4 Å². The molecule has 24 heavy (non-hydrogen) atoms. The second-order valence-electron chi connectivity index (χ2n) is 4.84. The summed E-state index contributed by atoms with van der Waals surface area (Å²) >= 11 is 1.19. The van der Waals surface area contributed by atoms with Crippen molar-refractivity contribution in [2.75, 3.05) is 7.11 Å². The van der Waals surface area contributed by atoms with Crippen LogP contribution in [-0.2, 0) is 16.1 Å². The molecule has 2 amide bonds. The Morgan fingerprint density at radius 2 is 2.29 bits per heavy atom. The summed E-state index contributed by atoms with van der Waals surface area (Å²) < 4.78 is 11.6. The average Bonchev–Trinajstić information content (AvgIpc) is 3.14. The maximum absolute atomic E-state index is 12.0. The Balaban J connectivity index is 2.23. The van der Waals surface area contributed by atoms with Crippen molar-refractivity contribution in [1.82, 2.24) is 20.1 Å². The Bertz CT molecular complexity index is 752. The topological polar surface area (TPSA) is 99.2 Å². The number of carbonyl (C=O) groups excluding carboxylic acids is 2. The smallest absolute Gasteiger partial charge is 0.413 e. The number of methoxy groups -OCH3 is 1. The van der Waals surface area contributed by atoms with Crippen LogP contribution in [0.15, 0.2) is 34.6 Å². The second-order valence-corrected chi connectivity index (χ2v) is 6.14. The molecule has 0 radical (unpaired) electrons. The van der Waals surface area contributed by atoms with Crippen molar-refractivity contribution in [3.05, 3.63) is 30.7 Å². The van der Waals surface area contributed by atoms with Gasteiger partial charge in [0.2, 0.25) is 5.91 Å². The lowest BCUT2D eigenvalue weighted by Gasteiger charge is -2.11. The van der Waals surface area contributed by atoms with Crippen LogP contribution < -0.4 is 5.32 Å². The summed E-state index contributed by atoms with van der Waals surface area (Å²) in [7, 11) is 1.20. The fourth-order valence-electron chi connectivity index (χ4n) is 1.95. The zero-order chi connectivity index (χ0) is 17.7. The minimum atomic E-state index is -0.797. The van der Waals surface area contributed by atoms with E-state index >= 15 is 0 Å². The van der Waals surface area contributed by atoms with E-state index in [9.17, 15) is 9.59 Å². The van der Waals surface area contributed by atoms with Crippen molar-refractivity contribution < 1.29 is 18.7 Å². The van der Waals surface area contributed by atoms with E-state index in [0.29, 0.717) is 17.5 Å². The minimum absolute atomic E-state index is 0.471. The maximum Gasteiger partial charge on any atom is 0.413 e. The quantitative estimate of drug-likeness (QED) is 0.631. The lowest BCUT2D eigenvalue weighted by Crippen LogP contribution is -2.36. The van der Waals surface area contributed by atoms with Gasteiger partial charge in [0.15, 0.2) is 11.0 Å². The fraction of sp³-hybridized carbons (Fsp3) is 0.333. The van der Waals surface area contributed by atoms with Gasteiger partial charge in [-0.25, -0.2) is 4.79 Å². The largest absolute Gasteiger partial charge is 0.469 e. The molecule has 8 nitrogen and oxygen atoms in total. The number of nitrogens with one attached hydrogen (secondary N) is 1. The summed E-state index contributed by atoms with van der Waals surface area (Å²) in [6.45, 7) is 7.71. The van der Waals surface area contributed by atoms with E-state index < -0.39 is 17.3 Å². The first kappa shape index (κ1) is 17.8. The second kappa shape index (κ2) is 7.82. The normalized spacial score (nSPS) is 11.8. The zero-order valence-electron chi connectivity index (χ0n) is 13.6. The highest BCUT2D eigenvalue weighted by Crippen LogP contribution is 2.29. The molecule has 0 spiro atoms. The van der Waals surface area contributed by atoms with Gasteiger partial charge in [0.25, 0.3) is 0 Å². The SMILES string of the molecule is C=CCn1c(S[C@@H](C)C(=O)NC(=O)OC)nnc1-c1ccoc1C. The number of alkyl carbamates (subject to hydrolysis) is 1. The number of allylic oxidation sites excluding steroid dienone is 1. The number of hydrogen-bond donors (Lipinski definition) is 1. The molecule has 0 aliphatic carbocycles. The highest BCUT2D eigenvalue weighted by molar-refractivity contribution is 8.00. The molecule has 2 aromatic heterocycles. The number of rotatable bonds is 6. The standard InChI is InChI=1S/C15H18N4O4S/c1-5-7-19-12(11-6-8-23-9(11)2)17-18-14(19)24-10(3)13(20)16-15(21)22-4/h5-6,8,10H,1,7H2,2-4H3,(H,16,20,21)/t10-/m0/s1. The highest BCUT2D eigenvalue weighted by atomic mass is 32.2. The molecule has 0 bridgehead atoms. The van der Waals surface area contributed by atoms with E-state index in [2.05, 4.69) is 26.8 Å². The van der Waals surface area contributed by atoms with Gasteiger partial charge < -0.3 is 9.15 Å². The summed E-state index contributed by atoms with van der Waals surface area (Å²) in [5.41, 5.74) is 0.822. The molecular formula is C15H18N4O4S. The minimum Gasteiger partial charge on any atom is -0.469 e. The molecule has 2 heterocycles. The third-order valence-electron chi connectivity index (χ3n) is 3.19. The average molecular weight is 350 g/mol. The van der Waals surface area contributed by atoms with Crippen molar-refractivity contribution in [2.24, 2.45) is 0 Å². The number of amides is 2. The predicted octanol–water partition coefficient (Wildman–Crippen LogP) is 2.40. The molecule has 0 aromatic carbocycles. The monoisotopic (exact) mass is 350 g/mol. The molecule has 0 fully saturated rings. The number of ether oxygens (including phenoxy) is 1. The van der Waals surface area contributed by atoms with Gasteiger partial charge >= 0.3 is 6.09 Å². The molecule has 2 rings (SSSR count). The zero-order valence-corrected chi connectivity index (χ0v) is 14.4. The summed E-state index contributed by atoms with van der Waals surface area (Å²) in [6, 6.07) is 1.81. The van der Waals surface area contributed by atoms with E-state index in [4.69, 9.17) is 4.42 Å². The van der Waals surface area contributed by atoms with Gasteiger partial charge in [-0.3, -0.25) is 14.7 Å². The van der Waals surface area contributed by atoms with Crippen molar-refractivity contribution in [1.29, 1.82) is 0 Å². The number of nitrogens with zero attached hydrogens (tertiary/aromatic N) is 3. The van der Waals surface area contributed by atoms with E-state index in [1.165, 1.54) is 18.9 Å². The van der Waals surface area contributed by atoms with E-state index in [-0.39, 0.29) is 0 Å². The predicted molar refractivity (Wildman–Crippen MR) is 88.5 cm³/mol. The lowest BCUT2D eigenvalue weighted by molar-refractivity contribution is -0.119. The molecule has 0 aliphatic heterocycles. The van der Waals surface area contributed by atoms with Gasteiger partial charge in [-0.1, -0.05) is 17.8 Å². The number of hydrogen-bond acceptors (Lipinski definition) is 7. The molecule has 128 valence electrons. The molecule has 2 aromatic rings. The summed E-state index contributed by atoms with van der Waals surface area (Å²) in [5.74, 6) is 0.881. The number of furan rings is 1. The van der Waals surface area contributed by atoms with Gasteiger partial charge in [0.1, 0.15) is 5.76 Å². The third-order valence-corrected chi connectivity index (χ3v) is 4.27. The number of aromatic nitrogens is 3. The van der Waals surface area contributed by atoms with Crippen molar-refractivity contribution >= 4 is 23.8 Å². The van der Waals surface area contributed by atoms with Crippen LogP contribution >= 0.6 is 11.8 Å². The Morgan fingerprint density at radius 3 is 2.88 bits per heavy atom. The van der Waals surface area contributed by atoms with E-state index in [1.54, 1.807) is 25.3 Å². The molecular weight excluding hydrogens is 332 g/mol. The molecule has 0 saturated heterocycles. The number of thioether (sulfide) groups is 1. The van der Waals surface area contributed by atoms with E-state index in [0.717, 1.165) is 11.3 Å². The molecule has 1 atom stereocenters. The van der Waals surface area contributed by atoms with Crippen LogP contribution in [0.4, 0.5) is 4.79 Å². The molecule has 0 saturated carbocycles. The van der Waals surface area contributed by atoms with Crippen LogP contribution in [0.1, 0.15) is 12.7 Å². The van der Waals surface area contributed by atoms with Crippen LogP contribution in [0.3, 0.4) is 0 Å². The van der Waals surface area contributed by atoms with Crippen LogP contribution in [-0.4, -0.2) is 39.1 Å². The van der Waals surface area contributed by atoms with Crippen molar-refractivity contribution in [3.63, 3.8) is 0 Å². The first-order chi connectivity index (χ1) is 11.5. The first-order valence-electron chi connectivity index (χ1n) is 7.12. The van der Waals surface area contributed by atoms with Gasteiger partial charge in [-0.15, -0.1) is 16.8 Å². The van der Waals surface area contributed by atoms with Gasteiger partial charge in [-0.2, -0.15) is 0 Å². The Kier molecular flexibility index (Phi) is 5.80. The Labute approximate surface area is 143 Å². The first-order valence-corrected chi connectivity index (χ1v) is 8.00. The lowest BCUT2D eigenvalue weighted by atomic mass is 10.2. The van der Waals surface area contributed by atoms with Crippen LogP contribution in [0.2, 0.25) is 0 Å². The number of imide groups is 1. The van der Waals surface area contributed by atoms with Crippen molar-refractivity contribution in [3.8, 4) is 11.4 Å². The molecule has 9 heteroatoms. The van der Waals surface area contributed by atoms with Crippen LogP contribution in [0.5, 0.6) is 0 Å². The molecule has 0 aliphatic rings. The van der Waals surface area contributed by atoms with Gasteiger partial charge in [0.05, 0.1) is 24.2 Å². The molecule has 0 unspecified atom stereocenters. The summed E-state index contributed by atoms with van der Waals surface area (Å²) in [5, 5.41) is 10.4. The fourth-order valence-corrected chi connectivity index (χ4v) is 2.81.